The molecule has 1 aromatic rings. The van der Waals surface area contributed by atoms with Gasteiger partial charge in [0.25, 0.3) is 0 Å². The largest absolute Gasteiger partial charge is 0.360 e. The zero-order valence-electron chi connectivity index (χ0n) is 12.3. The summed E-state index contributed by atoms with van der Waals surface area (Å²) in [6, 6.07) is 2.35. The number of piperidine rings is 1. The molecule has 0 aliphatic carbocycles. The molecule has 1 fully saturated rings. The Morgan fingerprint density at radius 2 is 2.26 bits per heavy atom. The lowest BCUT2D eigenvalue weighted by molar-refractivity contribution is 0.502. The summed E-state index contributed by atoms with van der Waals surface area (Å²) in [7, 11) is 2.08. The van der Waals surface area contributed by atoms with Crippen molar-refractivity contribution in [2.75, 3.05) is 36.5 Å². The minimum atomic E-state index is 0.265. The smallest absolute Gasteiger partial charge is 0.134 e. The number of nitrogens with two attached hydrogens (primary N) is 1. The average Bonchev–Trinajstić information content (AvgIpc) is 2.38. The number of hydrogen-bond donors (Lipinski definition) is 1. The van der Waals surface area contributed by atoms with E-state index in [1.807, 2.05) is 6.92 Å². The maximum Gasteiger partial charge on any atom is 0.134 e. The lowest BCUT2D eigenvalue weighted by atomic mass is 10.1. The van der Waals surface area contributed by atoms with Crippen LogP contribution in [0.5, 0.6) is 0 Å². The van der Waals surface area contributed by atoms with Crippen LogP contribution in [0.2, 0.25) is 0 Å². The van der Waals surface area contributed by atoms with Crippen LogP contribution in [0.1, 0.15) is 32.0 Å². The van der Waals surface area contributed by atoms with E-state index in [4.69, 9.17) is 5.73 Å². The van der Waals surface area contributed by atoms with Gasteiger partial charge in [-0.15, -0.1) is 0 Å². The normalized spacial score (nSPS) is 19.6. The zero-order chi connectivity index (χ0) is 13.8. The van der Waals surface area contributed by atoms with E-state index < -0.39 is 0 Å². The number of aryl methyl sites for hydroxylation is 1. The number of hydrogen-bond acceptors (Lipinski definition) is 5. The molecular weight excluding hydrogens is 238 g/mol. The first-order valence-electron chi connectivity index (χ1n) is 7.17. The van der Waals surface area contributed by atoms with E-state index in [1.54, 1.807) is 0 Å². The van der Waals surface area contributed by atoms with Crippen LogP contribution >= 0.6 is 0 Å². The van der Waals surface area contributed by atoms with Crippen molar-refractivity contribution in [1.82, 2.24) is 9.97 Å². The Balaban J connectivity index is 2.20. The first kappa shape index (κ1) is 14.1. The highest BCUT2D eigenvalue weighted by Crippen LogP contribution is 2.21. The highest BCUT2D eigenvalue weighted by atomic mass is 15.2. The molecule has 1 atom stereocenters. The highest BCUT2D eigenvalue weighted by Gasteiger charge is 2.19. The van der Waals surface area contributed by atoms with Crippen LogP contribution in [0, 0.1) is 6.92 Å². The summed E-state index contributed by atoms with van der Waals surface area (Å²) in [5.74, 6) is 2.85. The molecule has 5 heteroatoms. The van der Waals surface area contributed by atoms with Crippen molar-refractivity contribution >= 4 is 11.6 Å². The van der Waals surface area contributed by atoms with Gasteiger partial charge in [0.2, 0.25) is 0 Å². The third-order valence-corrected chi connectivity index (χ3v) is 3.54. The first-order valence-corrected chi connectivity index (χ1v) is 7.17. The fourth-order valence-electron chi connectivity index (χ4n) is 2.56. The van der Waals surface area contributed by atoms with Crippen LogP contribution in [0.3, 0.4) is 0 Å². The van der Waals surface area contributed by atoms with Crippen LogP contribution < -0.4 is 15.5 Å². The van der Waals surface area contributed by atoms with E-state index in [0.717, 1.165) is 56.4 Å². The van der Waals surface area contributed by atoms with Crippen LogP contribution in [-0.2, 0) is 0 Å². The average molecular weight is 263 g/mol. The van der Waals surface area contributed by atoms with Gasteiger partial charge < -0.3 is 15.5 Å². The molecule has 106 valence electrons. The van der Waals surface area contributed by atoms with Crippen molar-refractivity contribution in [3.8, 4) is 0 Å². The van der Waals surface area contributed by atoms with Crippen LogP contribution in [0.15, 0.2) is 6.07 Å². The van der Waals surface area contributed by atoms with E-state index in [-0.39, 0.29) is 6.04 Å². The molecule has 1 aliphatic heterocycles. The Kier molecular flexibility index (Phi) is 4.58. The second kappa shape index (κ2) is 6.19. The minimum absolute atomic E-state index is 0.265. The third kappa shape index (κ3) is 3.56. The zero-order valence-corrected chi connectivity index (χ0v) is 12.3. The lowest BCUT2D eigenvalue weighted by Gasteiger charge is -2.32. The molecule has 1 unspecified atom stereocenters. The Bertz CT molecular complexity index is 420. The van der Waals surface area contributed by atoms with Crippen molar-refractivity contribution in [2.24, 2.45) is 5.73 Å². The fraction of sp³-hybridized carbons (Fsp3) is 0.714. The molecular formula is C14H25N5. The molecule has 2 rings (SSSR count). The molecule has 0 radical (unpaired) electrons. The van der Waals surface area contributed by atoms with Gasteiger partial charge in [-0.1, -0.05) is 6.92 Å². The Morgan fingerprint density at radius 1 is 1.47 bits per heavy atom. The van der Waals surface area contributed by atoms with Gasteiger partial charge in [0.1, 0.15) is 17.5 Å². The summed E-state index contributed by atoms with van der Waals surface area (Å²) in [5, 5.41) is 0. The molecule has 0 saturated carbocycles. The predicted molar refractivity (Wildman–Crippen MR) is 79.8 cm³/mol. The Morgan fingerprint density at radius 3 is 2.95 bits per heavy atom. The van der Waals surface area contributed by atoms with Crippen molar-refractivity contribution in [3.05, 3.63) is 11.9 Å². The molecule has 5 nitrogen and oxygen atoms in total. The van der Waals surface area contributed by atoms with E-state index in [0.29, 0.717) is 0 Å². The molecule has 1 saturated heterocycles. The van der Waals surface area contributed by atoms with Gasteiger partial charge >= 0.3 is 0 Å². The fourth-order valence-corrected chi connectivity index (χ4v) is 2.56. The molecule has 2 heterocycles. The number of anilines is 2. The monoisotopic (exact) mass is 263 g/mol. The maximum absolute atomic E-state index is 6.05. The van der Waals surface area contributed by atoms with E-state index >= 15 is 0 Å². The van der Waals surface area contributed by atoms with E-state index in [1.165, 1.54) is 0 Å². The summed E-state index contributed by atoms with van der Waals surface area (Å²) in [4.78, 5) is 13.6. The van der Waals surface area contributed by atoms with E-state index in [9.17, 15) is 0 Å². The van der Waals surface area contributed by atoms with Crippen LogP contribution in [-0.4, -0.2) is 42.7 Å². The Hall–Kier alpha value is -1.36. The van der Waals surface area contributed by atoms with Crippen molar-refractivity contribution in [1.29, 1.82) is 0 Å². The summed E-state index contributed by atoms with van der Waals surface area (Å²) < 4.78 is 0. The van der Waals surface area contributed by atoms with Crippen molar-refractivity contribution in [3.63, 3.8) is 0 Å². The molecule has 1 aliphatic rings. The molecule has 1 aromatic heterocycles. The van der Waals surface area contributed by atoms with Gasteiger partial charge in [-0.2, -0.15) is 0 Å². The summed E-state index contributed by atoms with van der Waals surface area (Å²) in [6.07, 6.45) is 3.37. The maximum atomic E-state index is 6.05. The predicted octanol–water partition coefficient (Wildman–Crippen LogP) is 1.56. The SMILES string of the molecule is CCCN(C)c1cc(N2CCCC(N)C2)nc(C)n1. The molecule has 0 amide bonds. The first-order chi connectivity index (χ1) is 9.10. The number of rotatable bonds is 4. The molecule has 19 heavy (non-hydrogen) atoms. The number of aromatic nitrogens is 2. The molecule has 2 N–H and O–H groups in total. The third-order valence-electron chi connectivity index (χ3n) is 3.54. The summed E-state index contributed by atoms with van der Waals surface area (Å²) >= 11 is 0. The number of nitrogens with zero attached hydrogens (tertiary/aromatic N) is 4. The van der Waals surface area contributed by atoms with Crippen molar-refractivity contribution in [2.45, 2.75) is 39.2 Å². The van der Waals surface area contributed by atoms with Gasteiger partial charge in [-0.05, 0) is 26.2 Å². The van der Waals surface area contributed by atoms with Gasteiger partial charge in [0, 0.05) is 38.8 Å². The minimum Gasteiger partial charge on any atom is -0.360 e. The second-order valence-corrected chi connectivity index (χ2v) is 5.40. The molecule has 0 aromatic carbocycles. The van der Waals surface area contributed by atoms with Crippen LogP contribution in [0.25, 0.3) is 0 Å². The topological polar surface area (TPSA) is 58.3 Å². The second-order valence-electron chi connectivity index (χ2n) is 5.40. The molecule has 0 spiro atoms. The quantitative estimate of drug-likeness (QED) is 0.893. The van der Waals surface area contributed by atoms with Gasteiger partial charge in [0.15, 0.2) is 0 Å². The van der Waals surface area contributed by atoms with E-state index in [2.05, 4.69) is 39.8 Å². The molecule has 0 bridgehead atoms. The van der Waals surface area contributed by atoms with Gasteiger partial charge in [0.05, 0.1) is 0 Å². The Labute approximate surface area is 115 Å². The van der Waals surface area contributed by atoms with Gasteiger partial charge in [-0.25, -0.2) is 9.97 Å². The lowest BCUT2D eigenvalue weighted by Crippen LogP contribution is -2.43. The van der Waals surface area contributed by atoms with Crippen molar-refractivity contribution < 1.29 is 0 Å². The summed E-state index contributed by atoms with van der Waals surface area (Å²) in [5.41, 5.74) is 6.05. The summed E-state index contributed by atoms with van der Waals surface area (Å²) in [6.45, 7) is 7.08. The standard InChI is InChI=1S/C14H25N5/c1-4-7-18(3)13-9-14(17-11(2)16-13)19-8-5-6-12(15)10-19/h9,12H,4-8,10,15H2,1-3H3. The highest BCUT2D eigenvalue weighted by molar-refractivity contribution is 5.51. The van der Waals surface area contributed by atoms with Gasteiger partial charge in [-0.3, -0.25) is 0 Å². The van der Waals surface area contributed by atoms with Crippen LogP contribution in [0.4, 0.5) is 11.6 Å².